The molecule has 4 heterocycles. The van der Waals surface area contributed by atoms with E-state index in [4.69, 9.17) is 9.72 Å². The van der Waals surface area contributed by atoms with Gasteiger partial charge in [-0.05, 0) is 80.5 Å². The van der Waals surface area contributed by atoms with E-state index in [1.165, 1.54) is 18.6 Å². The van der Waals surface area contributed by atoms with Gasteiger partial charge in [-0.2, -0.15) is 5.10 Å². The van der Waals surface area contributed by atoms with Crippen LogP contribution in [0.5, 0.6) is 5.75 Å². The molecule has 0 aliphatic heterocycles. The summed E-state index contributed by atoms with van der Waals surface area (Å²) in [5, 5.41) is 11.7. The van der Waals surface area contributed by atoms with Crippen LogP contribution in [0.4, 0.5) is 10.1 Å². The molecule has 2 aromatic carbocycles. The molecule has 234 valence electrons. The van der Waals surface area contributed by atoms with Gasteiger partial charge >= 0.3 is 0 Å². The van der Waals surface area contributed by atoms with Gasteiger partial charge in [0.05, 0.1) is 28.8 Å². The molecular formula is C36H36FN7O2. The lowest BCUT2D eigenvalue weighted by molar-refractivity contribution is -0.120. The minimum atomic E-state index is -0.354. The van der Waals surface area contributed by atoms with Crippen molar-refractivity contribution in [1.29, 1.82) is 0 Å². The van der Waals surface area contributed by atoms with Gasteiger partial charge in [-0.25, -0.2) is 9.37 Å². The average molecular weight is 618 g/mol. The molecule has 0 spiro atoms. The first-order chi connectivity index (χ1) is 22.4. The van der Waals surface area contributed by atoms with Gasteiger partial charge in [0.15, 0.2) is 0 Å². The Kier molecular flexibility index (Phi) is 8.19. The Bertz CT molecular complexity index is 2030. The monoisotopic (exact) mass is 617 g/mol. The Morgan fingerprint density at radius 3 is 2.72 bits per heavy atom. The zero-order chi connectivity index (χ0) is 31.6. The van der Waals surface area contributed by atoms with Gasteiger partial charge in [-0.3, -0.25) is 14.9 Å². The Morgan fingerprint density at radius 1 is 1.00 bits per heavy atom. The van der Waals surface area contributed by atoms with Gasteiger partial charge in [0.2, 0.25) is 5.91 Å². The Labute approximate surface area is 266 Å². The number of rotatable bonds is 9. The molecule has 1 amide bonds. The number of H-pyrrole nitrogens is 2. The second kappa shape index (κ2) is 12.7. The molecule has 0 bridgehead atoms. The third-order valence-electron chi connectivity index (χ3n) is 8.59. The first-order valence-corrected chi connectivity index (χ1v) is 15.7. The topological polar surface area (TPSA) is 112 Å². The maximum absolute atomic E-state index is 14.7. The third-order valence-corrected chi connectivity index (χ3v) is 8.59. The highest BCUT2D eigenvalue weighted by molar-refractivity contribution is 6.00. The van der Waals surface area contributed by atoms with E-state index in [-0.39, 0.29) is 17.6 Å². The van der Waals surface area contributed by atoms with E-state index in [0.29, 0.717) is 29.3 Å². The number of benzene rings is 2. The zero-order valence-corrected chi connectivity index (χ0v) is 25.9. The number of amides is 1. The molecule has 0 unspecified atom stereocenters. The first-order valence-electron chi connectivity index (χ1n) is 15.7. The quantitative estimate of drug-likeness (QED) is 0.156. The van der Waals surface area contributed by atoms with Gasteiger partial charge in [0.1, 0.15) is 29.4 Å². The minimum Gasteiger partial charge on any atom is -0.492 e. The van der Waals surface area contributed by atoms with Gasteiger partial charge in [0, 0.05) is 41.2 Å². The van der Waals surface area contributed by atoms with Gasteiger partial charge < -0.3 is 19.9 Å². The summed E-state index contributed by atoms with van der Waals surface area (Å²) in [6, 6.07) is 18.5. The summed E-state index contributed by atoms with van der Waals surface area (Å²) >= 11 is 0. The van der Waals surface area contributed by atoms with Crippen molar-refractivity contribution in [2.75, 3.05) is 32.6 Å². The lowest BCUT2D eigenvalue weighted by Crippen LogP contribution is -2.24. The van der Waals surface area contributed by atoms with Crippen LogP contribution >= 0.6 is 0 Å². The van der Waals surface area contributed by atoms with Crippen LogP contribution in [0, 0.1) is 11.7 Å². The van der Waals surface area contributed by atoms with Crippen LogP contribution in [-0.4, -0.2) is 63.2 Å². The van der Waals surface area contributed by atoms with E-state index in [0.717, 1.165) is 76.7 Å². The number of carbonyl (C=O) groups excluding carboxylic acids is 1. The number of ether oxygens (including phenoxy) is 1. The fourth-order valence-corrected chi connectivity index (χ4v) is 6.19. The van der Waals surface area contributed by atoms with Crippen LogP contribution in [0.3, 0.4) is 0 Å². The zero-order valence-electron chi connectivity index (χ0n) is 25.9. The SMILES string of the molecule is CN(C)CCOc1cc(F)cc(-c2cccc3[nH]c(-c4n[nH]c5ccc(-c6cncc(NC(=O)C7CCCCC7)c6)nc45)cc23)c1. The number of likely N-dealkylation sites (N-methyl/N-ethyl adjacent to an activating group) is 1. The Morgan fingerprint density at radius 2 is 1.87 bits per heavy atom. The van der Waals surface area contributed by atoms with E-state index < -0.39 is 0 Å². The average Bonchev–Trinajstić information content (AvgIpc) is 3.69. The number of hydrogen-bond acceptors (Lipinski definition) is 6. The molecule has 4 aromatic heterocycles. The number of fused-ring (bicyclic) bond motifs is 2. The molecule has 0 radical (unpaired) electrons. The van der Waals surface area contributed by atoms with E-state index in [1.807, 2.05) is 67.5 Å². The molecule has 6 aromatic rings. The standard InChI is InChI=1S/C36H36FN7O2/c1-44(2)13-14-46-27-17-23(15-25(37)18-27)28-9-6-10-31-29(28)19-33(40-31)35-34-32(42-43-35)12-11-30(41-34)24-16-26(21-38-20-24)39-36(45)22-7-4-3-5-8-22/h6,9-12,15-22,40H,3-5,7-8,13-14H2,1-2H3,(H,39,45)(H,42,43). The number of carbonyl (C=O) groups is 1. The molecule has 1 aliphatic carbocycles. The smallest absolute Gasteiger partial charge is 0.227 e. The lowest BCUT2D eigenvalue weighted by Gasteiger charge is -2.20. The van der Waals surface area contributed by atoms with Crippen molar-refractivity contribution in [3.8, 4) is 39.5 Å². The molecule has 7 rings (SSSR count). The van der Waals surface area contributed by atoms with Crippen molar-refractivity contribution >= 4 is 33.5 Å². The highest BCUT2D eigenvalue weighted by Crippen LogP contribution is 2.36. The summed E-state index contributed by atoms with van der Waals surface area (Å²) in [5.41, 5.74) is 7.61. The summed E-state index contributed by atoms with van der Waals surface area (Å²) in [4.78, 5) is 27.7. The fraction of sp³-hybridized carbons (Fsp3) is 0.278. The van der Waals surface area contributed by atoms with Crippen LogP contribution in [-0.2, 0) is 4.79 Å². The summed E-state index contributed by atoms with van der Waals surface area (Å²) < 4.78 is 20.6. The van der Waals surface area contributed by atoms with E-state index >= 15 is 0 Å². The molecule has 1 aliphatic rings. The predicted molar refractivity (Wildman–Crippen MR) is 179 cm³/mol. The molecular weight excluding hydrogens is 581 g/mol. The number of hydrogen-bond donors (Lipinski definition) is 3. The van der Waals surface area contributed by atoms with Crippen molar-refractivity contribution in [2.45, 2.75) is 32.1 Å². The molecule has 46 heavy (non-hydrogen) atoms. The van der Waals surface area contributed by atoms with Crippen LogP contribution in [0.25, 0.3) is 55.7 Å². The van der Waals surface area contributed by atoms with Crippen molar-refractivity contribution in [3.05, 3.63) is 78.9 Å². The van der Waals surface area contributed by atoms with Crippen molar-refractivity contribution in [2.24, 2.45) is 5.92 Å². The van der Waals surface area contributed by atoms with E-state index in [1.54, 1.807) is 12.4 Å². The molecule has 9 nitrogen and oxygen atoms in total. The first kappa shape index (κ1) is 29.6. The van der Waals surface area contributed by atoms with Crippen LogP contribution < -0.4 is 10.1 Å². The summed E-state index contributed by atoms with van der Waals surface area (Å²) in [6.45, 7) is 1.19. The second-order valence-electron chi connectivity index (χ2n) is 12.2. The van der Waals surface area contributed by atoms with E-state index in [2.05, 4.69) is 25.5 Å². The minimum absolute atomic E-state index is 0.0570. The van der Waals surface area contributed by atoms with Crippen LogP contribution in [0.2, 0.25) is 0 Å². The number of halogens is 1. The van der Waals surface area contributed by atoms with Gasteiger partial charge in [-0.1, -0.05) is 31.4 Å². The van der Waals surface area contributed by atoms with Crippen LogP contribution in [0.1, 0.15) is 32.1 Å². The van der Waals surface area contributed by atoms with Crippen molar-refractivity contribution in [3.63, 3.8) is 0 Å². The molecule has 1 saturated carbocycles. The van der Waals surface area contributed by atoms with Gasteiger partial charge in [-0.15, -0.1) is 0 Å². The number of nitrogens with zero attached hydrogens (tertiary/aromatic N) is 4. The normalized spacial score (nSPS) is 13.9. The predicted octanol–water partition coefficient (Wildman–Crippen LogP) is 7.43. The lowest BCUT2D eigenvalue weighted by atomic mass is 9.88. The summed E-state index contributed by atoms with van der Waals surface area (Å²) in [7, 11) is 3.94. The number of aromatic nitrogens is 5. The highest BCUT2D eigenvalue weighted by Gasteiger charge is 2.21. The van der Waals surface area contributed by atoms with Crippen LogP contribution in [0.15, 0.2) is 73.1 Å². The molecule has 1 fully saturated rings. The largest absolute Gasteiger partial charge is 0.492 e. The van der Waals surface area contributed by atoms with E-state index in [9.17, 15) is 9.18 Å². The second-order valence-corrected chi connectivity index (χ2v) is 12.2. The fourth-order valence-electron chi connectivity index (χ4n) is 6.19. The maximum Gasteiger partial charge on any atom is 0.227 e. The number of pyridine rings is 2. The maximum atomic E-state index is 14.7. The summed E-state index contributed by atoms with van der Waals surface area (Å²) in [5.74, 6) is 0.254. The molecule has 0 atom stereocenters. The van der Waals surface area contributed by atoms with Gasteiger partial charge in [0.25, 0.3) is 0 Å². The molecule has 0 saturated heterocycles. The number of nitrogens with one attached hydrogen (secondary N) is 3. The molecule has 3 N–H and O–H groups in total. The number of anilines is 1. The Balaban J connectivity index is 1.19. The Hall–Kier alpha value is -5.09. The number of aromatic amines is 2. The van der Waals surface area contributed by atoms with Crippen molar-refractivity contribution < 1.29 is 13.9 Å². The highest BCUT2D eigenvalue weighted by atomic mass is 19.1. The van der Waals surface area contributed by atoms with Crippen molar-refractivity contribution in [1.82, 2.24) is 30.0 Å². The molecule has 10 heteroatoms. The third kappa shape index (κ3) is 6.21. The summed E-state index contributed by atoms with van der Waals surface area (Å²) in [6.07, 6.45) is 8.69.